The van der Waals surface area contributed by atoms with Gasteiger partial charge in [-0.1, -0.05) is 6.07 Å². The van der Waals surface area contributed by atoms with E-state index < -0.39 is 0 Å². The molecule has 3 aromatic heterocycles. The number of methoxy groups -OCH3 is 1. The largest absolute Gasteiger partial charge is 0.383 e. The van der Waals surface area contributed by atoms with Gasteiger partial charge in [0.1, 0.15) is 0 Å². The maximum absolute atomic E-state index is 12.9. The zero-order valence-electron chi connectivity index (χ0n) is 14.8. The molecule has 3 heterocycles. The fourth-order valence-electron chi connectivity index (χ4n) is 3.19. The molecule has 0 spiro atoms. The number of carbonyl (C=O) groups is 1. The predicted molar refractivity (Wildman–Crippen MR) is 104 cm³/mol. The van der Waals surface area contributed by atoms with Gasteiger partial charge in [0.05, 0.1) is 31.5 Å². The minimum Gasteiger partial charge on any atom is -0.383 e. The van der Waals surface area contributed by atoms with Crippen LogP contribution in [0.4, 0.5) is 5.13 Å². The second-order valence-corrected chi connectivity index (χ2v) is 8.29. The van der Waals surface area contributed by atoms with Crippen LogP contribution < -0.4 is 4.90 Å². The third kappa shape index (κ3) is 3.20. The number of aryl methyl sites for hydroxylation is 2. The number of fused-ring (bicyclic) bond motifs is 3. The Morgan fingerprint density at radius 2 is 2.31 bits per heavy atom. The van der Waals surface area contributed by atoms with Crippen LogP contribution in [0.5, 0.6) is 0 Å². The van der Waals surface area contributed by atoms with Crippen LogP contribution in [0, 0.1) is 0 Å². The molecule has 4 rings (SSSR count). The van der Waals surface area contributed by atoms with Crippen molar-refractivity contribution < 1.29 is 9.53 Å². The molecule has 0 saturated heterocycles. The number of ether oxygens (including phenoxy) is 1. The number of hydrogen-bond acceptors (Lipinski definition) is 6. The zero-order chi connectivity index (χ0) is 18.1. The summed E-state index contributed by atoms with van der Waals surface area (Å²) in [7, 11) is 3.61. The minimum atomic E-state index is 0.0574. The third-order valence-electron chi connectivity index (χ3n) is 4.55. The van der Waals surface area contributed by atoms with E-state index in [-0.39, 0.29) is 5.91 Å². The topological polar surface area (TPSA) is 60.2 Å². The molecule has 6 nitrogen and oxygen atoms in total. The summed E-state index contributed by atoms with van der Waals surface area (Å²) in [5.74, 6) is 0.0574. The highest BCUT2D eigenvalue weighted by molar-refractivity contribution is 7.16. The van der Waals surface area contributed by atoms with Crippen LogP contribution in [-0.4, -0.2) is 40.9 Å². The Kier molecular flexibility index (Phi) is 4.88. The first kappa shape index (κ1) is 17.4. The average molecular weight is 389 g/mol. The molecule has 0 atom stereocenters. The Bertz CT molecular complexity index is 914. The molecule has 0 aromatic carbocycles. The molecule has 26 heavy (non-hydrogen) atoms. The fourth-order valence-corrected chi connectivity index (χ4v) is 5.00. The van der Waals surface area contributed by atoms with E-state index in [9.17, 15) is 4.79 Å². The molecular weight excluding hydrogens is 368 g/mol. The van der Waals surface area contributed by atoms with E-state index in [0.29, 0.717) is 19.6 Å². The first-order chi connectivity index (χ1) is 12.7. The maximum Gasteiger partial charge on any atom is 0.234 e. The van der Waals surface area contributed by atoms with Gasteiger partial charge in [-0.15, -0.1) is 22.7 Å². The molecule has 0 unspecified atom stereocenters. The molecule has 0 bridgehead atoms. The van der Waals surface area contributed by atoms with Crippen molar-refractivity contribution in [1.82, 2.24) is 14.8 Å². The van der Waals surface area contributed by atoms with Crippen LogP contribution >= 0.6 is 22.7 Å². The smallest absolute Gasteiger partial charge is 0.234 e. The van der Waals surface area contributed by atoms with Gasteiger partial charge < -0.3 is 4.74 Å². The van der Waals surface area contributed by atoms with E-state index in [0.717, 1.165) is 34.1 Å². The number of anilines is 1. The van der Waals surface area contributed by atoms with Crippen molar-refractivity contribution in [3.8, 4) is 11.3 Å². The molecular formula is C18H20N4O2S2. The first-order valence-electron chi connectivity index (χ1n) is 8.50. The molecule has 1 aliphatic rings. The summed E-state index contributed by atoms with van der Waals surface area (Å²) in [6.07, 6.45) is 4.17. The quantitative estimate of drug-likeness (QED) is 0.651. The summed E-state index contributed by atoms with van der Waals surface area (Å²) < 4.78 is 7.13. The number of thiazole rings is 1. The monoisotopic (exact) mass is 388 g/mol. The number of nitrogens with zero attached hydrogens (tertiary/aromatic N) is 4. The number of rotatable bonds is 6. The van der Waals surface area contributed by atoms with Gasteiger partial charge in [-0.2, -0.15) is 5.10 Å². The number of amides is 1. The Morgan fingerprint density at radius 3 is 3.08 bits per heavy atom. The van der Waals surface area contributed by atoms with Crippen molar-refractivity contribution in [1.29, 1.82) is 0 Å². The van der Waals surface area contributed by atoms with E-state index in [2.05, 4.69) is 5.10 Å². The number of hydrogen-bond donors (Lipinski definition) is 0. The van der Waals surface area contributed by atoms with E-state index in [4.69, 9.17) is 9.72 Å². The average Bonchev–Trinajstić information content (AvgIpc) is 3.35. The molecule has 0 radical (unpaired) electrons. The van der Waals surface area contributed by atoms with Crippen molar-refractivity contribution in [2.45, 2.75) is 19.3 Å². The van der Waals surface area contributed by atoms with E-state index in [1.54, 1.807) is 34.7 Å². The summed E-state index contributed by atoms with van der Waals surface area (Å²) in [5, 5.41) is 7.12. The van der Waals surface area contributed by atoms with Crippen LogP contribution in [0.25, 0.3) is 11.3 Å². The van der Waals surface area contributed by atoms with Gasteiger partial charge in [-0.3, -0.25) is 14.4 Å². The molecule has 1 aliphatic carbocycles. The summed E-state index contributed by atoms with van der Waals surface area (Å²) in [6.45, 7) is 0.992. The highest BCUT2D eigenvalue weighted by Gasteiger charge is 2.27. The fraction of sp³-hybridized carbons (Fsp3) is 0.389. The van der Waals surface area contributed by atoms with Crippen LogP contribution in [0.3, 0.4) is 0 Å². The molecule has 0 saturated carbocycles. The SMILES string of the molecule is COCCN(C(=O)Cc1cccs1)c1nc2c(s1)CCc1c-2cnn1C. The molecule has 136 valence electrons. The Labute approximate surface area is 160 Å². The molecule has 0 fully saturated rings. The number of thiophene rings is 1. The van der Waals surface area contributed by atoms with Gasteiger partial charge in [-0.05, 0) is 24.3 Å². The highest BCUT2D eigenvalue weighted by Crippen LogP contribution is 2.39. The lowest BCUT2D eigenvalue weighted by Gasteiger charge is -2.19. The predicted octanol–water partition coefficient (Wildman–Crippen LogP) is 2.93. The van der Waals surface area contributed by atoms with Gasteiger partial charge in [0.15, 0.2) is 5.13 Å². The van der Waals surface area contributed by atoms with Crippen molar-refractivity contribution in [2.24, 2.45) is 7.05 Å². The van der Waals surface area contributed by atoms with Crippen molar-refractivity contribution in [3.05, 3.63) is 39.2 Å². The van der Waals surface area contributed by atoms with Gasteiger partial charge in [0.2, 0.25) is 5.91 Å². The number of aromatic nitrogens is 3. The second-order valence-electron chi connectivity index (χ2n) is 6.19. The van der Waals surface area contributed by atoms with Crippen molar-refractivity contribution >= 4 is 33.7 Å². The van der Waals surface area contributed by atoms with E-state index >= 15 is 0 Å². The van der Waals surface area contributed by atoms with Gasteiger partial charge in [-0.25, -0.2) is 4.98 Å². The third-order valence-corrected chi connectivity index (χ3v) is 6.56. The van der Waals surface area contributed by atoms with Crippen molar-refractivity contribution in [3.63, 3.8) is 0 Å². The lowest BCUT2D eigenvalue weighted by Crippen LogP contribution is -2.34. The van der Waals surface area contributed by atoms with Gasteiger partial charge in [0.25, 0.3) is 0 Å². The summed E-state index contributed by atoms with van der Waals surface area (Å²) in [4.78, 5) is 21.8. The summed E-state index contributed by atoms with van der Waals surface area (Å²) in [5.41, 5.74) is 3.28. The first-order valence-corrected chi connectivity index (χ1v) is 10.2. The summed E-state index contributed by atoms with van der Waals surface area (Å²) in [6, 6.07) is 3.96. The van der Waals surface area contributed by atoms with Crippen molar-refractivity contribution in [2.75, 3.05) is 25.2 Å². The lowest BCUT2D eigenvalue weighted by atomic mass is 10.0. The van der Waals surface area contributed by atoms with Gasteiger partial charge >= 0.3 is 0 Å². The Balaban J connectivity index is 1.64. The molecule has 0 N–H and O–H groups in total. The van der Waals surface area contributed by atoms with E-state index in [1.807, 2.05) is 35.4 Å². The van der Waals surface area contributed by atoms with Crippen LogP contribution in [0.1, 0.15) is 15.4 Å². The van der Waals surface area contributed by atoms with Gasteiger partial charge in [0, 0.05) is 35.2 Å². The highest BCUT2D eigenvalue weighted by atomic mass is 32.1. The van der Waals surface area contributed by atoms with Crippen LogP contribution in [0.15, 0.2) is 23.7 Å². The maximum atomic E-state index is 12.9. The molecule has 8 heteroatoms. The zero-order valence-corrected chi connectivity index (χ0v) is 16.4. The van der Waals surface area contributed by atoms with Crippen LogP contribution in [-0.2, 0) is 35.8 Å². The Morgan fingerprint density at radius 1 is 1.42 bits per heavy atom. The Hall–Kier alpha value is -2.03. The number of carbonyl (C=O) groups excluding carboxylic acids is 1. The molecule has 1 amide bonds. The minimum absolute atomic E-state index is 0.0574. The summed E-state index contributed by atoms with van der Waals surface area (Å²) >= 11 is 3.21. The molecule has 0 aliphatic heterocycles. The second kappa shape index (κ2) is 7.30. The molecule has 3 aromatic rings. The lowest BCUT2D eigenvalue weighted by molar-refractivity contribution is -0.118. The van der Waals surface area contributed by atoms with E-state index in [1.165, 1.54) is 10.6 Å². The standard InChI is InChI=1S/C18H20N4O2S2/c1-21-14-5-6-15-17(13(14)11-19-21)20-18(26-15)22(7-8-24-2)16(23)10-12-4-3-9-25-12/h3-4,9,11H,5-8,10H2,1-2H3. The normalized spacial score (nSPS) is 12.7. The van der Waals surface area contributed by atoms with Crippen LogP contribution in [0.2, 0.25) is 0 Å².